The number of methoxy groups -OCH3 is 1. The summed E-state index contributed by atoms with van der Waals surface area (Å²) in [7, 11) is 1.64. The number of carboxylic acids is 1. The summed E-state index contributed by atoms with van der Waals surface area (Å²) in [4.78, 5) is 10.8. The van der Waals surface area contributed by atoms with Crippen molar-refractivity contribution in [3.63, 3.8) is 0 Å². The monoisotopic (exact) mass is 236 g/mol. The number of hydrogen-bond acceptors (Lipinski definition) is 2. The molecule has 0 saturated heterocycles. The van der Waals surface area contributed by atoms with Crippen molar-refractivity contribution in [2.45, 2.75) is 26.7 Å². The molecule has 0 fully saturated rings. The third-order valence-corrected chi connectivity index (χ3v) is 3.04. The van der Waals surface area contributed by atoms with Crippen LogP contribution in [-0.4, -0.2) is 18.2 Å². The summed E-state index contributed by atoms with van der Waals surface area (Å²) in [5, 5.41) is 8.87. The maximum atomic E-state index is 10.8. The SMILES string of the molecule is COc1ccc(CC(CC(=O)O)C(C)C)cc1. The Morgan fingerprint density at radius 3 is 2.29 bits per heavy atom. The molecule has 0 saturated carbocycles. The average molecular weight is 236 g/mol. The van der Waals surface area contributed by atoms with Crippen molar-refractivity contribution in [1.82, 2.24) is 0 Å². The van der Waals surface area contributed by atoms with Crippen LogP contribution in [0, 0.1) is 11.8 Å². The van der Waals surface area contributed by atoms with E-state index in [1.165, 1.54) is 0 Å². The molecule has 1 aromatic carbocycles. The van der Waals surface area contributed by atoms with Gasteiger partial charge >= 0.3 is 5.97 Å². The fourth-order valence-corrected chi connectivity index (χ4v) is 1.83. The number of aliphatic carboxylic acids is 1. The van der Waals surface area contributed by atoms with Crippen LogP contribution in [0.1, 0.15) is 25.8 Å². The molecule has 0 aromatic heterocycles. The minimum absolute atomic E-state index is 0.181. The lowest BCUT2D eigenvalue weighted by atomic mass is 9.86. The Kier molecular flexibility index (Phi) is 5.01. The van der Waals surface area contributed by atoms with Gasteiger partial charge in [-0.25, -0.2) is 0 Å². The zero-order chi connectivity index (χ0) is 12.8. The molecule has 1 rings (SSSR count). The summed E-state index contributed by atoms with van der Waals surface area (Å²) in [6.45, 7) is 4.13. The lowest BCUT2D eigenvalue weighted by molar-refractivity contribution is -0.138. The van der Waals surface area contributed by atoms with Crippen molar-refractivity contribution in [2.24, 2.45) is 11.8 Å². The van der Waals surface area contributed by atoms with E-state index in [0.717, 1.165) is 17.7 Å². The van der Waals surface area contributed by atoms with Gasteiger partial charge in [-0.2, -0.15) is 0 Å². The van der Waals surface area contributed by atoms with E-state index in [2.05, 4.69) is 13.8 Å². The molecule has 0 aliphatic carbocycles. The fraction of sp³-hybridized carbons (Fsp3) is 0.500. The largest absolute Gasteiger partial charge is 0.497 e. The second kappa shape index (κ2) is 6.28. The molecule has 1 atom stereocenters. The highest BCUT2D eigenvalue weighted by atomic mass is 16.5. The zero-order valence-electron chi connectivity index (χ0n) is 10.6. The molecule has 0 bridgehead atoms. The first-order valence-corrected chi connectivity index (χ1v) is 5.87. The van der Waals surface area contributed by atoms with E-state index in [-0.39, 0.29) is 12.3 Å². The summed E-state index contributed by atoms with van der Waals surface area (Å²) in [5.74, 6) is 0.652. The lowest BCUT2D eigenvalue weighted by Gasteiger charge is -2.19. The van der Waals surface area contributed by atoms with E-state index in [0.29, 0.717) is 5.92 Å². The maximum absolute atomic E-state index is 10.8. The van der Waals surface area contributed by atoms with Crippen LogP contribution in [0.3, 0.4) is 0 Å². The Hall–Kier alpha value is -1.51. The summed E-state index contributed by atoms with van der Waals surface area (Å²) < 4.78 is 5.09. The van der Waals surface area contributed by atoms with Gasteiger partial charge in [0.1, 0.15) is 5.75 Å². The van der Waals surface area contributed by atoms with Crippen molar-refractivity contribution < 1.29 is 14.6 Å². The van der Waals surface area contributed by atoms with Crippen LogP contribution in [-0.2, 0) is 11.2 Å². The summed E-state index contributed by atoms with van der Waals surface area (Å²) >= 11 is 0. The Morgan fingerprint density at radius 1 is 1.29 bits per heavy atom. The molecule has 0 spiro atoms. The molecule has 1 unspecified atom stereocenters. The van der Waals surface area contributed by atoms with E-state index in [1.807, 2.05) is 24.3 Å². The predicted molar refractivity (Wildman–Crippen MR) is 67.3 cm³/mol. The molecule has 0 heterocycles. The van der Waals surface area contributed by atoms with Crippen LogP contribution >= 0.6 is 0 Å². The smallest absolute Gasteiger partial charge is 0.303 e. The summed E-state index contributed by atoms with van der Waals surface area (Å²) in [6, 6.07) is 7.81. The van der Waals surface area contributed by atoms with Gasteiger partial charge in [-0.3, -0.25) is 4.79 Å². The number of hydrogen-bond donors (Lipinski definition) is 1. The van der Waals surface area contributed by atoms with Crippen molar-refractivity contribution in [3.05, 3.63) is 29.8 Å². The zero-order valence-corrected chi connectivity index (χ0v) is 10.6. The number of ether oxygens (including phenoxy) is 1. The van der Waals surface area contributed by atoms with Crippen LogP contribution in [0.5, 0.6) is 5.75 Å². The number of carboxylic acid groups (broad SMARTS) is 1. The Bertz CT molecular complexity index is 354. The minimum Gasteiger partial charge on any atom is -0.497 e. The predicted octanol–water partition coefficient (Wildman–Crippen LogP) is 2.98. The molecule has 94 valence electrons. The van der Waals surface area contributed by atoms with Crippen LogP contribution in [0.25, 0.3) is 0 Å². The van der Waals surface area contributed by atoms with Crippen molar-refractivity contribution in [2.75, 3.05) is 7.11 Å². The molecule has 1 N–H and O–H groups in total. The molecule has 0 aliphatic rings. The van der Waals surface area contributed by atoms with Crippen LogP contribution < -0.4 is 4.74 Å². The lowest BCUT2D eigenvalue weighted by Crippen LogP contribution is -2.16. The van der Waals surface area contributed by atoms with Gasteiger partial charge in [-0.05, 0) is 36.0 Å². The van der Waals surface area contributed by atoms with Gasteiger partial charge in [-0.15, -0.1) is 0 Å². The summed E-state index contributed by atoms with van der Waals surface area (Å²) in [5.41, 5.74) is 1.16. The molecule has 0 aliphatic heterocycles. The average Bonchev–Trinajstić information content (AvgIpc) is 2.28. The molecular weight excluding hydrogens is 216 g/mol. The third kappa shape index (κ3) is 4.47. The highest BCUT2D eigenvalue weighted by Crippen LogP contribution is 2.22. The molecule has 0 radical (unpaired) electrons. The first-order chi connectivity index (χ1) is 8.02. The first kappa shape index (κ1) is 13.6. The van der Waals surface area contributed by atoms with Gasteiger partial charge in [0.15, 0.2) is 0 Å². The molecule has 3 heteroatoms. The molecule has 3 nitrogen and oxygen atoms in total. The second-order valence-corrected chi connectivity index (χ2v) is 4.65. The van der Waals surface area contributed by atoms with E-state index in [1.54, 1.807) is 7.11 Å². The molecule has 17 heavy (non-hydrogen) atoms. The number of benzene rings is 1. The number of carbonyl (C=O) groups is 1. The normalized spacial score (nSPS) is 12.5. The van der Waals surface area contributed by atoms with Gasteiger partial charge in [0, 0.05) is 6.42 Å². The summed E-state index contributed by atoms with van der Waals surface area (Å²) in [6.07, 6.45) is 1.03. The third-order valence-electron chi connectivity index (χ3n) is 3.04. The molecule has 1 aromatic rings. The highest BCUT2D eigenvalue weighted by Gasteiger charge is 2.17. The van der Waals surface area contributed by atoms with Gasteiger partial charge in [-0.1, -0.05) is 26.0 Å². The van der Waals surface area contributed by atoms with Crippen molar-refractivity contribution in [1.29, 1.82) is 0 Å². The van der Waals surface area contributed by atoms with Crippen molar-refractivity contribution in [3.8, 4) is 5.75 Å². The van der Waals surface area contributed by atoms with E-state index in [4.69, 9.17) is 9.84 Å². The van der Waals surface area contributed by atoms with E-state index < -0.39 is 5.97 Å². The van der Waals surface area contributed by atoms with Gasteiger partial charge in [0.2, 0.25) is 0 Å². The number of rotatable bonds is 6. The second-order valence-electron chi connectivity index (χ2n) is 4.65. The minimum atomic E-state index is -0.725. The standard InChI is InChI=1S/C14H20O3/c1-10(2)12(9-14(15)16)8-11-4-6-13(17-3)7-5-11/h4-7,10,12H,8-9H2,1-3H3,(H,15,16). The van der Waals surface area contributed by atoms with Crippen molar-refractivity contribution >= 4 is 5.97 Å². The Labute approximate surface area is 102 Å². The quantitative estimate of drug-likeness (QED) is 0.826. The Balaban J connectivity index is 2.68. The first-order valence-electron chi connectivity index (χ1n) is 5.87. The van der Waals surface area contributed by atoms with Crippen LogP contribution in [0.15, 0.2) is 24.3 Å². The highest BCUT2D eigenvalue weighted by molar-refractivity contribution is 5.67. The van der Waals surface area contributed by atoms with E-state index in [9.17, 15) is 4.79 Å². The maximum Gasteiger partial charge on any atom is 0.303 e. The van der Waals surface area contributed by atoms with Crippen LogP contribution in [0.4, 0.5) is 0 Å². The topological polar surface area (TPSA) is 46.5 Å². The fourth-order valence-electron chi connectivity index (χ4n) is 1.83. The molecular formula is C14H20O3. The molecule has 0 amide bonds. The Morgan fingerprint density at radius 2 is 1.88 bits per heavy atom. The van der Waals surface area contributed by atoms with Gasteiger partial charge in [0.25, 0.3) is 0 Å². The van der Waals surface area contributed by atoms with Gasteiger partial charge < -0.3 is 9.84 Å². The van der Waals surface area contributed by atoms with Gasteiger partial charge in [0.05, 0.1) is 7.11 Å². The van der Waals surface area contributed by atoms with Crippen LogP contribution in [0.2, 0.25) is 0 Å². The van der Waals surface area contributed by atoms with E-state index >= 15 is 0 Å².